The Bertz CT molecular complexity index is 995. The highest BCUT2D eigenvalue weighted by Gasteiger charge is 2.66. The molecule has 6 atom stereocenters. The Balaban J connectivity index is 1.36. The quantitative estimate of drug-likeness (QED) is 0.334. The number of ether oxygens (including phenoxy) is 1. The molecule has 0 spiro atoms. The highest BCUT2D eigenvalue weighted by atomic mass is 79.9. The standard InChI is InChI=1S/C23H19Br2NO4/c24-19-15-10-16(20(19)25)18-17(15)21(27)26(22(18)28)14-8-4-7-13(9-14)23(29)30-11-12-5-2-1-3-6-12/h1-9,15-20H,10-11H2/t15-,16-,17-,18-,19+,20+/m1/s1. The number of anilines is 1. The van der Waals surface area contributed by atoms with Crippen LogP contribution in [0.2, 0.25) is 0 Å². The molecular weight excluding hydrogens is 514 g/mol. The van der Waals surface area contributed by atoms with E-state index in [1.54, 1.807) is 24.3 Å². The van der Waals surface area contributed by atoms with Gasteiger partial charge in [-0.25, -0.2) is 4.79 Å². The number of nitrogens with zero attached hydrogens (tertiary/aromatic N) is 1. The van der Waals surface area contributed by atoms with Crippen molar-refractivity contribution in [2.75, 3.05) is 4.90 Å². The lowest BCUT2D eigenvalue weighted by Gasteiger charge is -2.28. The second kappa shape index (κ2) is 7.61. The lowest BCUT2D eigenvalue weighted by Crippen LogP contribution is -2.37. The van der Waals surface area contributed by atoms with Gasteiger partial charge in [-0.15, -0.1) is 0 Å². The molecule has 1 heterocycles. The van der Waals surface area contributed by atoms with E-state index in [2.05, 4.69) is 31.9 Å². The van der Waals surface area contributed by atoms with Crippen LogP contribution >= 0.6 is 31.9 Å². The van der Waals surface area contributed by atoms with Crippen LogP contribution in [0.25, 0.3) is 0 Å². The second-order valence-electron chi connectivity index (χ2n) is 8.13. The third-order valence-corrected chi connectivity index (χ3v) is 9.75. The highest BCUT2D eigenvalue weighted by Crippen LogP contribution is 2.60. The van der Waals surface area contributed by atoms with Crippen molar-refractivity contribution < 1.29 is 19.1 Å². The Morgan fingerprint density at radius 1 is 0.933 bits per heavy atom. The Labute approximate surface area is 191 Å². The number of hydrogen-bond acceptors (Lipinski definition) is 4. The summed E-state index contributed by atoms with van der Waals surface area (Å²) in [5.41, 5.74) is 1.65. The molecule has 30 heavy (non-hydrogen) atoms. The molecule has 2 aromatic rings. The lowest BCUT2D eigenvalue weighted by molar-refractivity contribution is -0.123. The van der Waals surface area contributed by atoms with Crippen molar-refractivity contribution in [3.8, 4) is 0 Å². The Morgan fingerprint density at radius 3 is 2.20 bits per heavy atom. The first-order valence-electron chi connectivity index (χ1n) is 9.94. The Hall–Kier alpha value is -1.99. The SMILES string of the molecule is O=C(OCc1ccccc1)c1cccc(N2C(=O)[C@@H]3[C@H]4C[C@@H]([C@H](Br)[C@H]4Br)[C@H]3C2=O)c1. The van der Waals surface area contributed by atoms with Crippen LogP contribution in [0, 0.1) is 23.7 Å². The summed E-state index contributed by atoms with van der Waals surface area (Å²) >= 11 is 7.40. The molecular formula is C23H19Br2NO4. The van der Waals surface area contributed by atoms with Crippen molar-refractivity contribution in [2.24, 2.45) is 23.7 Å². The van der Waals surface area contributed by atoms with Gasteiger partial charge in [0.2, 0.25) is 11.8 Å². The molecule has 5 nitrogen and oxygen atoms in total. The van der Waals surface area contributed by atoms with Crippen LogP contribution in [0.15, 0.2) is 54.6 Å². The van der Waals surface area contributed by atoms with Gasteiger partial charge in [-0.1, -0.05) is 68.3 Å². The van der Waals surface area contributed by atoms with E-state index in [0.717, 1.165) is 12.0 Å². The molecule has 1 saturated heterocycles. The normalized spacial score (nSPS) is 31.9. The molecule has 0 N–H and O–H groups in total. The molecule has 7 heteroatoms. The van der Waals surface area contributed by atoms with Gasteiger partial charge in [0.15, 0.2) is 0 Å². The molecule has 3 fully saturated rings. The first-order valence-corrected chi connectivity index (χ1v) is 11.8. The largest absolute Gasteiger partial charge is 0.457 e. The number of amides is 2. The monoisotopic (exact) mass is 531 g/mol. The number of esters is 1. The third-order valence-electron chi connectivity index (χ3n) is 6.54. The molecule has 2 aliphatic carbocycles. The maximum Gasteiger partial charge on any atom is 0.338 e. The van der Waals surface area contributed by atoms with Gasteiger partial charge in [0.25, 0.3) is 0 Å². The average molecular weight is 533 g/mol. The van der Waals surface area contributed by atoms with Crippen molar-refractivity contribution >= 4 is 55.3 Å². The molecule has 2 amide bonds. The van der Waals surface area contributed by atoms with Gasteiger partial charge in [0.05, 0.1) is 23.1 Å². The Morgan fingerprint density at radius 2 is 1.57 bits per heavy atom. The lowest BCUT2D eigenvalue weighted by atomic mass is 9.81. The van der Waals surface area contributed by atoms with Gasteiger partial charge >= 0.3 is 5.97 Å². The van der Waals surface area contributed by atoms with E-state index in [0.29, 0.717) is 11.3 Å². The number of carbonyl (C=O) groups excluding carboxylic acids is 3. The predicted molar refractivity (Wildman–Crippen MR) is 119 cm³/mol. The van der Waals surface area contributed by atoms with Crippen LogP contribution in [0.4, 0.5) is 5.69 Å². The van der Waals surface area contributed by atoms with Crippen molar-refractivity contribution in [1.29, 1.82) is 0 Å². The number of benzene rings is 2. The number of alkyl halides is 2. The van der Waals surface area contributed by atoms with Gasteiger partial charge < -0.3 is 4.74 Å². The minimum absolute atomic E-state index is 0.156. The van der Waals surface area contributed by atoms with Crippen LogP contribution in [-0.4, -0.2) is 27.4 Å². The van der Waals surface area contributed by atoms with Crippen LogP contribution in [0.5, 0.6) is 0 Å². The Kier molecular flexibility index (Phi) is 5.06. The fraction of sp³-hybridized carbons (Fsp3) is 0.348. The molecule has 2 saturated carbocycles. The molecule has 0 radical (unpaired) electrons. The van der Waals surface area contributed by atoms with Crippen molar-refractivity contribution in [3.05, 3.63) is 65.7 Å². The molecule has 2 aromatic carbocycles. The van der Waals surface area contributed by atoms with Gasteiger partial charge in [-0.05, 0) is 42.0 Å². The zero-order valence-electron chi connectivity index (χ0n) is 15.9. The number of rotatable bonds is 4. The average Bonchev–Trinajstić information content (AvgIpc) is 3.37. The maximum atomic E-state index is 13.2. The number of halogens is 2. The van der Waals surface area contributed by atoms with Crippen LogP contribution in [0.3, 0.4) is 0 Å². The van der Waals surface area contributed by atoms with Gasteiger partial charge in [-0.3, -0.25) is 14.5 Å². The molecule has 0 unspecified atom stereocenters. The van der Waals surface area contributed by atoms with Crippen molar-refractivity contribution in [1.82, 2.24) is 0 Å². The summed E-state index contributed by atoms with van der Waals surface area (Å²) < 4.78 is 5.39. The van der Waals surface area contributed by atoms with E-state index in [1.807, 2.05) is 30.3 Å². The number of hydrogen-bond donors (Lipinski definition) is 0. The topological polar surface area (TPSA) is 63.7 Å². The first-order chi connectivity index (χ1) is 14.5. The number of fused-ring (bicyclic) bond motifs is 5. The summed E-state index contributed by atoms with van der Waals surface area (Å²) in [6, 6.07) is 16.0. The fourth-order valence-corrected chi connectivity index (χ4v) is 7.06. The molecule has 0 aromatic heterocycles. The van der Waals surface area contributed by atoms with Crippen molar-refractivity contribution in [2.45, 2.75) is 22.7 Å². The molecule has 154 valence electrons. The summed E-state index contributed by atoms with van der Waals surface area (Å²) in [4.78, 5) is 40.5. The molecule has 3 aliphatic rings. The summed E-state index contributed by atoms with van der Waals surface area (Å²) in [6.45, 7) is 0.165. The smallest absolute Gasteiger partial charge is 0.338 e. The van der Waals surface area contributed by atoms with Gasteiger partial charge in [0, 0.05) is 9.65 Å². The maximum absolute atomic E-state index is 13.2. The molecule has 5 rings (SSSR count). The van der Waals surface area contributed by atoms with E-state index in [-0.39, 0.29) is 51.7 Å². The predicted octanol–water partition coefficient (Wildman–Crippen LogP) is 4.33. The van der Waals surface area contributed by atoms with Crippen LogP contribution < -0.4 is 4.90 Å². The van der Waals surface area contributed by atoms with Gasteiger partial charge in [-0.2, -0.15) is 0 Å². The zero-order chi connectivity index (χ0) is 21.0. The summed E-state index contributed by atoms with van der Waals surface area (Å²) in [6.07, 6.45) is 0.887. The second-order valence-corrected chi connectivity index (χ2v) is 10.2. The molecule has 2 bridgehead atoms. The highest BCUT2D eigenvalue weighted by molar-refractivity contribution is 9.12. The van der Waals surface area contributed by atoms with E-state index >= 15 is 0 Å². The van der Waals surface area contributed by atoms with E-state index in [9.17, 15) is 14.4 Å². The summed E-state index contributed by atoms with van der Waals surface area (Å²) in [7, 11) is 0. The molecule has 1 aliphatic heterocycles. The van der Waals surface area contributed by atoms with Crippen LogP contribution in [0.1, 0.15) is 22.3 Å². The van der Waals surface area contributed by atoms with E-state index < -0.39 is 5.97 Å². The number of carbonyl (C=O) groups is 3. The van der Waals surface area contributed by atoms with E-state index in [4.69, 9.17) is 4.74 Å². The zero-order valence-corrected chi connectivity index (χ0v) is 19.1. The summed E-state index contributed by atoms with van der Waals surface area (Å²) in [5, 5.41) is 0. The minimum atomic E-state index is -0.485. The van der Waals surface area contributed by atoms with E-state index in [1.165, 1.54) is 4.90 Å². The van der Waals surface area contributed by atoms with Crippen molar-refractivity contribution in [3.63, 3.8) is 0 Å². The minimum Gasteiger partial charge on any atom is -0.457 e. The first kappa shape index (κ1) is 19.9. The summed E-state index contributed by atoms with van der Waals surface area (Å²) in [5.74, 6) is -1.05. The number of imide groups is 1. The fourth-order valence-electron chi connectivity index (χ4n) is 5.18. The van der Waals surface area contributed by atoms with Crippen LogP contribution in [-0.2, 0) is 20.9 Å². The third kappa shape index (κ3) is 3.05. The van der Waals surface area contributed by atoms with Gasteiger partial charge in [0.1, 0.15) is 6.61 Å².